The van der Waals surface area contributed by atoms with Crippen LogP contribution in [0.15, 0.2) is 131 Å². The van der Waals surface area contributed by atoms with Gasteiger partial charge in [-0.15, -0.1) is 0 Å². The summed E-state index contributed by atoms with van der Waals surface area (Å²) >= 11 is 0. The van der Waals surface area contributed by atoms with Gasteiger partial charge in [0.1, 0.15) is 41.3 Å². The van der Waals surface area contributed by atoms with Gasteiger partial charge < -0.3 is 48.3 Å². The van der Waals surface area contributed by atoms with E-state index in [-0.39, 0.29) is 61.1 Å². The molecule has 4 unspecified atom stereocenters. The fraction of sp³-hybridized carbons (Fsp3) is 0.475. The molecular weight excluding hydrogens is 1280 g/mol. The number of amides is 2. The van der Waals surface area contributed by atoms with Crippen LogP contribution in [0.2, 0.25) is 0 Å². The van der Waals surface area contributed by atoms with Crippen molar-refractivity contribution in [2.45, 2.75) is 185 Å². The molecule has 5 aromatic carbocycles. The van der Waals surface area contributed by atoms with Crippen molar-refractivity contribution < 1.29 is 46.9 Å². The number of methoxy groups -OCH3 is 2. The fourth-order valence-electron chi connectivity index (χ4n) is 15.9. The lowest BCUT2D eigenvalue weighted by molar-refractivity contribution is -0.444. The molecule has 0 saturated carbocycles. The van der Waals surface area contributed by atoms with Crippen LogP contribution in [-0.4, -0.2) is 127 Å². The molecule has 0 aliphatic carbocycles. The molecule has 20 heteroatoms. The van der Waals surface area contributed by atoms with Crippen molar-refractivity contribution >= 4 is 49.6 Å². The second-order valence-electron chi connectivity index (χ2n) is 28.1. The average molecular weight is 1380 g/mol. The van der Waals surface area contributed by atoms with Gasteiger partial charge in [-0.05, 0) is 170 Å². The highest BCUT2D eigenvalue weighted by molar-refractivity contribution is 7.44. The van der Waals surface area contributed by atoms with Gasteiger partial charge in [-0.3, -0.25) is 23.9 Å². The van der Waals surface area contributed by atoms with Gasteiger partial charge in [-0.25, -0.2) is 9.46 Å². The number of hydrogen-bond donors (Lipinski definition) is 3. The molecule has 6 aromatic rings. The molecule has 0 radical (unpaired) electrons. The molecular formula is C80H98N8O11P+. The lowest BCUT2D eigenvalue weighted by atomic mass is 9.73. The molecule has 1 saturated heterocycles. The van der Waals surface area contributed by atoms with Crippen LogP contribution in [0.25, 0.3) is 12.2 Å². The summed E-state index contributed by atoms with van der Waals surface area (Å²) in [4.78, 5) is 58.7. The predicted molar refractivity (Wildman–Crippen MR) is 391 cm³/mol. The maximum absolute atomic E-state index is 13.9. The molecule has 3 N–H and O–H groups in total. The summed E-state index contributed by atoms with van der Waals surface area (Å²) in [6.07, 6.45) is 16.4. The van der Waals surface area contributed by atoms with Gasteiger partial charge in [0.2, 0.25) is 17.5 Å². The number of rotatable bonds is 31. The molecule has 100 heavy (non-hydrogen) atoms. The number of fused-ring (bicyclic) bond motifs is 6. The lowest BCUT2D eigenvalue weighted by Gasteiger charge is -2.40. The van der Waals surface area contributed by atoms with Crippen LogP contribution in [0.3, 0.4) is 0 Å². The zero-order valence-electron chi connectivity index (χ0n) is 59.3. The van der Waals surface area contributed by atoms with Crippen molar-refractivity contribution in [3.8, 4) is 23.3 Å². The Balaban J connectivity index is 0.630. The smallest absolute Gasteiger partial charge is 0.330 e. The summed E-state index contributed by atoms with van der Waals surface area (Å²) in [7, 11) is 1.45. The summed E-state index contributed by atoms with van der Waals surface area (Å²) < 4.78 is 51.9. The van der Waals surface area contributed by atoms with E-state index >= 15 is 0 Å². The summed E-state index contributed by atoms with van der Waals surface area (Å²) in [5.74, 6) is 2.15. The van der Waals surface area contributed by atoms with Crippen molar-refractivity contribution in [3.63, 3.8) is 0 Å². The maximum atomic E-state index is 13.9. The van der Waals surface area contributed by atoms with Gasteiger partial charge >= 0.3 is 5.69 Å². The van der Waals surface area contributed by atoms with E-state index in [2.05, 4.69) is 108 Å². The minimum atomic E-state index is -1.79. The first-order valence-corrected chi connectivity index (χ1v) is 37.2. The average Bonchev–Trinajstić information content (AvgIpc) is 1.50. The minimum Gasteiger partial charge on any atom is -0.497 e. The molecule has 0 bridgehead atoms. The molecule has 12 rings (SSSR count). The molecule has 2 amide bonds. The maximum Gasteiger partial charge on any atom is 0.330 e. The largest absolute Gasteiger partial charge is 0.497 e. The number of aromatic amines is 1. The standard InChI is InChI=1S/C80H97N8O11P/c1-53(2)88(54(3)4)100(96-47-21-41-81)99-68-50-72(97-69(68)52-95-80(59-25-12-11-13-26-59,60-31-35-62(93-7)36-32-60)61-33-37-63(94-8)38-34-61)87-51-57(77(91)84-78(87)92)30-39-71(90)83-43-17-10-9-16-42-82-70(89)29-15-14-22-55-23-18-28-66-73(55)79(5,6)76-65-49-58-48-56-24-19-44-85-45-20-27-64(74(56)85)75(58)98-67(65)40-46-86(66)76/h11-13,18,23,25-26,28,30-39,48-49,51,53-54,67-69,72H,9-10,14-17,19-22,24,27,29,40,42-47,50,52H2,1-8H3,(H2-,82,83,84,89,90,91,92)/p+1/b39-30+/t67?,68?,69?,72-,100?/m1/s1. The Hall–Kier alpha value is -8.21. The highest BCUT2D eigenvalue weighted by Gasteiger charge is 2.54. The summed E-state index contributed by atoms with van der Waals surface area (Å²) in [6.45, 7) is 17.3. The predicted octanol–water partition coefficient (Wildman–Crippen LogP) is 13.1. The normalized spacial score (nSPS) is 19.1. The Bertz CT molecular complexity index is 4100. The molecule has 0 spiro atoms. The minimum absolute atomic E-state index is 0.00659. The number of aromatic nitrogens is 2. The third-order valence-electron chi connectivity index (χ3n) is 20.5. The van der Waals surface area contributed by atoms with E-state index in [4.69, 9.17) is 32.7 Å². The Morgan fingerprint density at radius 2 is 1.55 bits per heavy atom. The zero-order chi connectivity index (χ0) is 70.1. The number of ether oxygens (including phenoxy) is 5. The van der Waals surface area contributed by atoms with Gasteiger partial charge in [-0.1, -0.05) is 79.6 Å². The monoisotopic (exact) mass is 1380 g/mol. The Morgan fingerprint density at radius 3 is 2.24 bits per heavy atom. The first-order valence-electron chi connectivity index (χ1n) is 36.1. The van der Waals surface area contributed by atoms with Crippen LogP contribution >= 0.6 is 8.53 Å². The number of nitriles is 1. The van der Waals surface area contributed by atoms with Crippen molar-refractivity contribution in [2.75, 3.05) is 65.1 Å². The molecule has 6 aliphatic rings. The van der Waals surface area contributed by atoms with E-state index in [1.807, 2.05) is 78.9 Å². The summed E-state index contributed by atoms with van der Waals surface area (Å²) in [5, 5.41) is 15.6. The molecule has 5 atom stereocenters. The summed E-state index contributed by atoms with van der Waals surface area (Å²) in [6, 6.07) is 36.7. The van der Waals surface area contributed by atoms with Gasteiger partial charge in [0.05, 0.1) is 62.6 Å². The van der Waals surface area contributed by atoms with E-state index in [0.29, 0.717) is 31.0 Å². The summed E-state index contributed by atoms with van der Waals surface area (Å²) in [5.41, 5.74) is 12.2. The highest BCUT2D eigenvalue weighted by Crippen LogP contribution is 2.53. The number of H-pyrrole nitrogens is 1. The Kier molecular flexibility index (Phi) is 23.1. The van der Waals surface area contributed by atoms with E-state index in [1.165, 1.54) is 86.2 Å². The third-order valence-corrected chi connectivity index (χ3v) is 22.6. The fourth-order valence-corrected chi connectivity index (χ4v) is 17.7. The van der Waals surface area contributed by atoms with Crippen LogP contribution in [0.4, 0.5) is 11.4 Å². The van der Waals surface area contributed by atoms with Crippen LogP contribution in [-0.2, 0) is 58.4 Å². The number of carbonyl (C=O) groups excluding carboxylic acids is 2. The first-order chi connectivity index (χ1) is 48.5. The van der Waals surface area contributed by atoms with Crippen molar-refractivity contribution in [3.05, 3.63) is 192 Å². The second kappa shape index (κ2) is 32.2. The van der Waals surface area contributed by atoms with E-state index in [0.717, 1.165) is 106 Å². The number of aryl methyl sites for hydroxylation is 2. The van der Waals surface area contributed by atoms with E-state index in [9.17, 15) is 24.4 Å². The highest BCUT2D eigenvalue weighted by atomic mass is 31.2. The second-order valence-corrected chi connectivity index (χ2v) is 29.5. The van der Waals surface area contributed by atoms with E-state index < -0.39 is 49.7 Å². The van der Waals surface area contributed by atoms with E-state index in [1.54, 1.807) is 14.2 Å². The number of hydrogen-bond acceptors (Lipinski definition) is 14. The lowest BCUT2D eigenvalue weighted by Crippen LogP contribution is -2.43. The number of benzene rings is 5. The third kappa shape index (κ3) is 15.3. The number of carbonyl (C=O) groups is 2. The molecule has 528 valence electrons. The number of nitrogens with one attached hydrogen (secondary N) is 3. The van der Waals surface area contributed by atoms with Crippen molar-refractivity contribution in [1.82, 2.24) is 24.9 Å². The molecule has 7 heterocycles. The van der Waals surface area contributed by atoms with Crippen LogP contribution in [0.5, 0.6) is 17.2 Å². The van der Waals surface area contributed by atoms with Crippen molar-refractivity contribution in [1.29, 1.82) is 5.26 Å². The Labute approximate surface area is 589 Å². The van der Waals surface area contributed by atoms with Crippen LogP contribution in [0.1, 0.15) is 175 Å². The number of anilines is 1. The molecule has 1 fully saturated rings. The van der Waals surface area contributed by atoms with Gasteiger partial charge in [-0.2, -0.15) is 9.84 Å². The quantitative estimate of drug-likeness (QED) is 0.0122. The van der Waals surface area contributed by atoms with Crippen molar-refractivity contribution in [2.24, 2.45) is 0 Å². The Morgan fingerprint density at radius 1 is 0.860 bits per heavy atom. The molecule has 19 nitrogen and oxygen atoms in total. The van der Waals surface area contributed by atoms with Crippen LogP contribution in [0, 0.1) is 11.3 Å². The molecule has 6 aliphatic heterocycles. The van der Waals surface area contributed by atoms with Gasteiger partial charge in [0, 0.05) is 98.2 Å². The van der Waals surface area contributed by atoms with Crippen LogP contribution < -0.4 is 41.0 Å². The SMILES string of the molecule is COc1ccc(C(OCC2O[C@@H](n3cc(/C=C/C(=O)NCCCCCCNC(=O)CCCCc4cccc5c4C(C)(C)C4=[N+]5CCC5Oc6c(cc7c8c6CCCN8CCC7)C=C45)c(=O)[nH]c3=O)CC2OP(OCCC#N)N(C(C)C)C(C)C)(c2ccccc2)c2ccc(OC)cc2)cc1. The first kappa shape index (κ1) is 71.6. The van der Waals surface area contributed by atoms with Gasteiger partial charge in [0.15, 0.2) is 12.3 Å². The number of unbranched alkanes of at least 4 members (excludes halogenated alkanes) is 4. The number of nitrogens with zero attached hydrogens (tertiary/aromatic N) is 5. The molecule has 1 aromatic heterocycles. The zero-order valence-corrected chi connectivity index (χ0v) is 60.2. The topological polar surface area (TPSA) is 211 Å². The van der Waals surface area contributed by atoms with Gasteiger partial charge in [0.25, 0.3) is 14.1 Å².